The monoisotopic (exact) mass is 260 g/mol. The van der Waals surface area contributed by atoms with Gasteiger partial charge in [0.2, 0.25) is 0 Å². The molecule has 110 valence electrons. The third-order valence-electron chi connectivity index (χ3n) is 3.25. The first-order chi connectivity index (χ1) is 8.65. The summed E-state index contributed by atoms with van der Waals surface area (Å²) in [4.78, 5) is 2.45. The fourth-order valence-electron chi connectivity index (χ4n) is 2.16. The molecule has 0 heterocycles. The summed E-state index contributed by atoms with van der Waals surface area (Å²) in [6.07, 6.45) is 2.43. The molecule has 0 aliphatic carbocycles. The second-order valence-electron chi connectivity index (χ2n) is 4.93. The summed E-state index contributed by atoms with van der Waals surface area (Å²) < 4.78 is 10.4. The van der Waals surface area contributed by atoms with Crippen molar-refractivity contribution < 1.29 is 9.47 Å². The van der Waals surface area contributed by atoms with Gasteiger partial charge in [-0.05, 0) is 39.8 Å². The zero-order valence-corrected chi connectivity index (χ0v) is 12.9. The fraction of sp³-hybridized carbons (Fsp3) is 1.00. The van der Waals surface area contributed by atoms with Gasteiger partial charge in [0.25, 0.3) is 0 Å². The van der Waals surface area contributed by atoms with E-state index in [2.05, 4.69) is 31.0 Å². The van der Waals surface area contributed by atoms with E-state index in [1.807, 2.05) is 0 Å². The Bertz CT molecular complexity index is 179. The molecular formula is C14H32N2O2. The molecule has 0 fully saturated rings. The van der Waals surface area contributed by atoms with Crippen molar-refractivity contribution in [3.63, 3.8) is 0 Å². The topological polar surface area (TPSA) is 33.7 Å². The molecule has 0 saturated carbocycles. The van der Waals surface area contributed by atoms with E-state index in [9.17, 15) is 0 Å². The van der Waals surface area contributed by atoms with E-state index in [0.717, 1.165) is 32.8 Å². The molecule has 0 aromatic heterocycles. The van der Waals surface area contributed by atoms with Crippen molar-refractivity contribution >= 4 is 0 Å². The number of methoxy groups -OCH3 is 2. The van der Waals surface area contributed by atoms with Crippen LogP contribution in [0.5, 0.6) is 0 Å². The summed E-state index contributed by atoms with van der Waals surface area (Å²) in [6.45, 7) is 11.3. The third-order valence-corrected chi connectivity index (χ3v) is 3.25. The summed E-state index contributed by atoms with van der Waals surface area (Å²) in [5, 5.41) is 3.45. The smallest absolute Gasteiger partial charge is 0.0615 e. The van der Waals surface area contributed by atoms with Crippen LogP contribution in [-0.4, -0.2) is 64.1 Å². The van der Waals surface area contributed by atoms with Gasteiger partial charge >= 0.3 is 0 Å². The van der Waals surface area contributed by atoms with Gasteiger partial charge in [0, 0.05) is 32.8 Å². The van der Waals surface area contributed by atoms with E-state index < -0.39 is 0 Å². The fourth-order valence-corrected chi connectivity index (χ4v) is 2.16. The average molecular weight is 260 g/mol. The Hall–Kier alpha value is -0.160. The minimum atomic E-state index is 0.458. The lowest BCUT2D eigenvalue weighted by atomic mass is 10.1. The van der Waals surface area contributed by atoms with Crippen molar-refractivity contribution in [2.24, 2.45) is 0 Å². The maximum Gasteiger partial charge on any atom is 0.0615 e. The van der Waals surface area contributed by atoms with Crippen LogP contribution in [0.1, 0.15) is 33.6 Å². The van der Waals surface area contributed by atoms with Gasteiger partial charge in [-0.25, -0.2) is 0 Å². The molecule has 0 aliphatic heterocycles. The van der Waals surface area contributed by atoms with Crippen LogP contribution in [0, 0.1) is 0 Å². The van der Waals surface area contributed by atoms with Crippen molar-refractivity contribution in [3.8, 4) is 0 Å². The Labute approximate surface area is 113 Å². The molecule has 4 heteroatoms. The molecule has 0 rings (SSSR count). The molecule has 0 radical (unpaired) electrons. The van der Waals surface area contributed by atoms with E-state index in [1.165, 1.54) is 12.8 Å². The molecule has 2 unspecified atom stereocenters. The number of hydrogen-bond acceptors (Lipinski definition) is 4. The predicted octanol–water partition coefficient (Wildman–Crippen LogP) is 1.75. The van der Waals surface area contributed by atoms with Crippen LogP contribution in [0.15, 0.2) is 0 Å². The quantitative estimate of drug-likeness (QED) is 0.579. The molecule has 0 spiro atoms. The first kappa shape index (κ1) is 17.8. The highest BCUT2D eigenvalue weighted by molar-refractivity contribution is 4.68. The summed E-state index contributed by atoms with van der Waals surface area (Å²) in [5.74, 6) is 0. The lowest BCUT2D eigenvalue weighted by Gasteiger charge is -2.28. The van der Waals surface area contributed by atoms with Crippen molar-refractivity contribution in [1.29, 1.82) is 0 Å². The largest absolute Gasteiger partial charge is 0.383 e. The highest BCUT2D eigenvalue weighted by Crippen LogP contribution is 2.04. The van der Waals surface area contributed by atoms with Crippen LogP contribution >= 0.6 is 0 Å². The van der Waals surface area contributed by atoms with Crippen molar-refractivity contribution in [2.75, 3.05) is 47.1 Å². The maximum absolute atomic E-state index is 5.24. The van der Waals surface area contributed by atoms with E-state index >= 15 is 0 Å². The van der Waals surface area contributed by atoms with Gasteiger partial charge in [-0.15, -0.1) is 0 Å². The highest BCUT2D eigenvalue weighted by atomic mass is 16.5. The lowest BCUT2D eigenvalue weighted by Crippen LogP contribution is -2.39. The number of nitrogens with zero attached hydrogens (tertiary/aromatic N) is 1. The molecule has 18 heavy (non-hydrogen) atoms. The Kier molecular flexibility index (Phi) is 11.8. The van der Waals surface area contributed by atoms with E-state index in [4.69, 9.17) is 9.47 Å². The second-order valence-corrected chi connectivity index (χ2v) is 4.93. The third kappa shape index (κ3) is 8.86. The van der Waals surface area contributed by atoms with Gasteiger partial charge in [0.05, 0.1) is 13.2 Å². The summed E-state index contributed by atoms with van der Waals surface area (Å²) in [6, 6.07) is 1.07. The molecule has 0 saturated heterocycles. The molecule has 1 N–H and O–H groups in total. The minimum Gasteiger partial charge on any atom is -0.383 e. The Morgan fingerprint density at radius 1 is 1.11 bits per heavy atom. The Morgan fingerprint density at radius 3 is 2.39 bits per heavy atom. The van der Waals surface area contributed by atoms with Crippen molar-refractivity contribution in [1.82, 2.24) is 10.2 Å². The van der Waals surface area contributed by atoms with Gasteiger partial charge in [0.15, 0.2) is 0 Å². The number of nitrogens with one attached hydrogen (secondary N) is 1. The van der Waals surface area contributed by atoms with Gasteiger partial charge < -0.3 is 14.8 Å². The van der Waals surface area contributed by atoms with Crippen LogP contribution in [0.4, 0.5) is 0 Å². The summed E-state index contributed by atoms with van der Waals surface area (Å²) in [7, 11) is 3.52. The van der Waals surface area contributed by atoms with E-state index in [0.29, 0.717) is 12.1 Å². The van der Waals surface area contributed by atoms with E-state index in [-0.39, 0.29) is 0 Å². The van der Waals surface area contributed by atoms with Crippen LogP contribution in [0.25, 0.3) is 0 Å². The molecule has 0 aromatic rings. The van der Waals surface area contributed by atoms with Gasteiger partial charge in [-0.2, -0.15) is 0 Å². The van der Waals surface area contributed by atoms with Gasteiger partial charge in [0.1, 0.15) is 0 Å². The SMILES string of the molecule is CCNC(C)CCCN(CCOC)C(C)COC. The standard InChI is InChI=1S/C14H32N2O2/c1-6-15-13(2)8-7-9-16(10-11-17-4)14(3)12-18-5/h13-15H,6-12H2,1-5H3. The van der Waals surface area contributed by atoms with Crippen LogP contribution < -0.4 is 5.32 Å². The molecule has 4 nitrogen and oxygen atoms in total. The second kappa shape index (κ2) is 11.9. The Morgan fingerprint density at radius 2 is 1.83 bits per heavy atom. The first-order valence-electron chi connectivity index (χ1n) is 7.11. The van der Waals surface area contributed by atoms with Crippen molar-refractivity contribution in [3.05, 3.63) is 0 Å². The molecule has 0 aliphatic rings. The molecule has 2 atom stereocenters. The Balaban J connectivity index is 3.91. The van der Waals surface area contributed by atoms with Crippen LogP contribution in [0.3, 0.4) is 0 Å². The zero-order chi connectivity index (χ0) is 13.8. The first-order valence-corrected chi connectivity index (χ1v) is 7.11. The zero-order valence-electron chi connectivity index (χ0n) is 12.9. The number of hydrogen-bond donors (Lipinski definition) is 1. The number of ether oxygens (including phenoxy) is 2. The summed E-state index contributed by atoms with van der Waals surface area (Å²) >= 11 is 0. The van der Waals surface area contributed by atoms with Crippen LogP contribution in [0.2, 0.25) is 0 Å². The van der Waals surface area contributed by atoms with Gasteiger partial charge in [-0.1, -0.05) is 6.92 Å². The predicted molar refractivity (Wildman–Crippen MR) is 77.2 cm³/mol. The highest BCUT2D eigenvalue weighted by Gasteiger charge is 2.13. The molecular weight excluding hydrogens is 228 g/mol. The van der Waals surface area contributed by atoms with Crippen LogP contribution in [-0.2, 0) is 9.47 Å². The van der Waals surface area contributed by atoms with E-state index in [1.54, 1.807) is 14.2 Å². The maximum atomic E-state index is 5.24. The number of rotatable bonds is 12. The van der Waals surface area contributed by atoms with Crippen molar-refractivity contribution in [2.45, 2.75) is 45.7 Å². The normalized spacial score (nSPS) is 15.0. The molecule has 0 amide bonds. The molecule has 0 bridgehead atoms. The average Bonchev–Trinajstić information content (AvgIpc) is 2.34. The minimum absolute atomic E-state index is 0.458. The van der Waals surface area contributed by atoms with Gasteiger partial charge in [-0.3, -0.25) is 4.90 Å². The molecule has 0 aromatic carbocycles. The summed E-state index contributed by atoms with van der Waals surface area (Å²) in [5.41, 5.74) is 0. The lowest BCUT2D eigenvalue weighted by molar-refractivity contribution is 0.0736.